The Bertz CT molecular complexity index is 492. The first-order chi connectivity index (χ1) is 11.6. The van der Waals surface area contributed by atoms with Gasteiger partial charge in [-0.15, -0.1) is 0 Å². The van der Waals surface area contributed by atoms with Gasteiger partial charge in [-0.3, -0.25) is 14.4 Å². The van der Waals surface area contributed by atoms with Crippen LogP contribution < -0.4 is 5.32 Å². The van der Waals surface area contributed by atoms with Gasteiger partial charge in [-0.25, -0.2) is 0 Å². The average molecular weight is 335 g/mol. The summed E-state index contributed by atoms with van der Waals surface area (Å²) in [6.45, 7) is 3.95. The first-order valence-corrected chi connectivity index (χ1v) is 9.41. The van der Waals surface area contributed by atoms with Crippen LogP contribution >= 0.6 is 0 Å². The number of hydrogen-bond donors (Lipinski definition) is 1. The lowest BCUT2D eigenvalue weighted by Crippen LogP contribution is -2.50. The van der Waals surface area contributed by atoms with Gasteiger partial charge in [-0.2, -0.15) is 0 Å². The van der Waals surface area contributed by atoms with Crippen molar-refractivity contribution in [1.29, 1.82) is 0 Å². The molecule has 3 amide bonds. The molecule has 3 aliphatic rings. The van der Waals surface area contributed by atoms with Crippen LogP contribution in [0.3, 0.4) is 0 Å². The van der Waals surface area contributed by atoms with E-state index in [4.69, 9.17) is 0 Å². The van der Waals surface area contributed by atoms with E-state index in [1.54, 1.807) is 11.8 Å². The smallest absolute Gasteiger partial charge is 0.226 e. The lowest BCUT2D eigenvalue weighted by Gasteiger charge is -2.34. The van der Waals surface area contributed by atoms with Crippen LogP contribution in [0.4, 0.5) is 0 Å². The molecule has 0 aromatic rings. The molecule has 2 atom stereocenters. The highest BCUT2D eigenvalue weighted by atomic mass is 16.2. The number of carbonyl (C=O) groups excluding carboxylic acids is 3. The molecule has 3 fully saturated rings. The summed E-state index contributed by atoms with van der Waals surface area (Å²) in [5.41, 5.74) is 0. The zero-order valence-electron chi connectivity index (χ0n) is 14.6. The van der Waals surface area contributed by atoms with Crippen molar-refractivity contribution in [2.24, 2.45) is 11.8 Å². The molecule has 6 nitrogen and oxygen atoms in total. The van der Waals surface area contributed by atoms with Gasteiger partial charge in [0.25, 0.3) is 0 Å². The molecule has 1 saturated heterocycles. The summed E-state index contributed by atoms with van der Waals surface area (Å²) in [6.07, 6.45) is 7.75. The number of nitrogens with one attached hydrogen (secondary N) is 1. The van der Waals surface area contributed by atoms with Crippen LogP contribution in [0.1, 0.15) is 51.9 Å². The van der Waals surface area contributed by atoms with Crippen molar-refractivity contribution < 1.29 is 14.4 Å². The fourth-order valence-corrected chi connectivity index (χ4v) is 3.97. The number of rotatable bonds is 3. The summed E-state index contributed by atoms with van der Waals surface area (Å²) >= 11 is 0. The molecule has 0 radical (unpaired) electrons. The second kappa shape index (κ2) is 7.53. The maximum atomic E-state index is 12.5. The third-order valence-electron chi connectivity index (χ3n) is 5.68. The van der Waals surface area contributed by atoms with Gasteiger partial charge < -0.3 is 15.1 Å². The molecule has 2 aliphatic carbocycles. The number of carbonyl (C=O) groups is 3. The molecular weight excluding hydrogens is 306 g/mol. The predicted octanol–water partition coefficient (Wildman–Crippen LogP) is 1.15. The second-order valence-corrected chi connectivity index (χ2v) is 7.48. The van der Waals surface area contributed by atoms with Crippen LogP contribution in [0, 0.1) is 11.8 Å². The maximum Gasteiger partial charge on any atom is 0.226 e. The van der Waals surface area contributed by atoms with Crippen LogP contribution in [0.15, 0.2) is 0 Å². The van der Waals surface area contributed by atoms with Crippen LogP contribution in [-0.2, 0) is 14.4 Å². The third kappa shape index (κ3) is 4.08. The molecule has 2 saturated carbocycles. The normalized spacial score (nSPS) is 28.2. The first kappa shape index (κ1) is 17.2. The third-order valence-corrected chi connectivity index (χ3v) is 5.68. The van der Waals surface area contributed by atoms with Gasteiger partial charge in [0.15, 0.2) is 0 Å². The first-order valence-electron chi connectivity index (χ1n) is 9.41. The van der Waals surface area contributed by atoms with Gasteiger partial charge in [-0.05, 0) is 19.3 Å². The zero-order chi connectivity index (χ0) is 17.1. The van der Waals surface area contributed by atoms with E-state index in [1.807, 2.05) is 4.90 Å². The lowest BCUT2D eigenvalue weighted by atomic mass is 10.1. The number of piperazine rings is 1. The van der Waals surface area contributed by atoms with E-state index < -0.39 is 0 Å². The molecule has 0 aromatic heterocycles. The fraction of sp³-hybridized carbons (Fsp3) is 0.833. The fourth-order valence-electron chi connectivity index (χ4n) is 3.97. The minimum Gasteiger partial charge on any atom is -0.353 e. The molecule has 0 aromatic carbocycles. The zero-order valence-corrected chi connectivity index (χ0v) is 14.6. The second-order valence-electron chi connectivity index (χ2n) is 7.48. The Morgan fingerprint density at radius 2 is 1.42 bits per heavy atom. The number of hydrogen-bond acceptors (Lipinski definition) is 3. The largest absolute Gasteiger partial charge is 0.353 e. The number of nitrogens with zero attached hydrogens (tertiary/aromatic N) is 2. The highest BCUT2D eigenvalue weighted by Gasteiger charge is 2.50. The summed E-state index contributed by atoms with van der Waals surface area (Å²) < 4.78 is 0. The van der Waals surface area contributed by atoms with E-state index in [2.05, 4.69) is 5.32 Å². The topological polar surface area (TPSA) is 69.7 Å². The molecule has 24 heavy (non-hydrogen) atoms. The van der Waals surface area contributed by atoms with Crippen molar-refractivity contribution in [2.45, 2.75) is 57.9 Å². The summed E-state index contributed by atoms with van der Waals surface area (Å²) in [5.74, 6) is -0.0396. The highest BCUT2D eigenvalue weighted by molar-refractivity contribution is 5.92. The summed E-state index contributed by atoms with van der Waals surface area (Å²) in [6, 6.07) is 0.301. The Balaban J connectivity index is 1.43. The van der Waals surface area contributed by atoms with Crippen molar-refractivity contribution >= 4 is 17.7 Å². The molecule has 1 aliphatic heterocycles. The van der Waals surface area contributed by atoms with Gasteiger partial charge >= 0.3 is 0 Å². The molecule has 1 heterocycles. The van der Waals surface area contributed by atoms with Crippen molar-refractivity contribution in [2.75, 3.05) is 26.2 Å². The average Bonchev–Trinajstić information content (AvgIpc) is 3.39. The van der Waals surface area contributed by atoms with E-state index in [9.17, 15) is 14.4 Å². The van der Waals surface area contributed by atoms with Crippen LogP contribution in [0.5, 0.6) is 0 Å². The van der Waals surface area contributed by atoms with E-state index in [-0.39, 0.29) is 29.6 Å². The monoisotopic (exact) mass is 335 g/mol. The van der Waals surface area contributed by atoms with Crippen molar-refractivity contribution in [1.82, 2.24) is 15.1 Å². The van der Waals surface area contributed by atoms with E-state index in [0.717, 1.165) is 12.8 Å². The van der Waals surface area contributed by atoms with E-state index in [1.165, 1.54) is 25.7 Å². The van der Waals surface area contributed by atoms with Crippen molar-refractivity contribution in [3.8, 4) is 0 Å². The molecule has 2 unspecified atom stereocenters. The number of amides is 3. The van der Waals surface area contributed by atoms with Crippen LogP contribution in [0.25, 0.3) is 0 Å². The van der Waals surface area contributed by atoms with Gasteiger partial charge in [0.2, 0.25) is 17.7 Å². The molecule has 0 spiro atoms. The van der Waals surface area contributed by atoms with Crippen molar-refractivity contribution in [3.05, 3.63) is 0 Å². The van der Waals surface area contributed by atoms with E-state index >= 15 is 0 Å². The maximum absolute atomic E-state index is 12.5. The lowest BCUT2D eigenvalue weighted by molar-refractivity contribution is -0.140. The van der Waals surface area contributed by atoms with Gasteiger partial charge in [0.1, 0.15) is 0 Å². The van der Waals surface area contributed by atoms with Crippen LogP contribution in [-0.4, -0.2) is 59.7 Å². The molecule has 0 bridgehead atoms. The Hall–Kier alpha value is -1.59. The Kier molecular flexibility index (Phi) is 5.41. The molecule has 134 valence electrons. The predicted molar refractivity (Wildman–Crippen MR) is 90.1 cm³/mol. The molecule has 1 N–H and O–H groups in total. The summed E-state index contributed by atoms with van der Waals surface area (Å²) in [5, 5.41) is 3.17. The van der Waals surface area contributed by atoms with Crippen LogP contribution in [0.2, 0.25) is 0 Å². The molecule has 3 rings (SSSR count). The van der Waals surface area contributed by atoms with Crippen molar-refractivity contribution in [3.63, 3.8) is 0 Å². The molecule has 6 heteroatoms. The minimum atomic E-state index is -0.139. The summed E-state index contributed by atoms with van der Waals surface area (Å²) in [7, 11) is 0. The standard InChI is InChI=1S/C18H29N3O3/c1-13(22)20-8-10-21(11-9-20)18(24)16-12-15(16)17(23)19-14-6-4-2-3-5-7-14/h14-16H,2-12H2,1H3,(H,19,23). The quantitative estimate of drug-likeness (QED) is 0.787. The van der Waals surface area contributed by atoms with Gasteiger partial charge in [0.05, 0.1) is 11.8 Å². The Labute approximate surface area is 143 Å². The van der Waals surface area contributed by atoms with Gasteiger partial charge in [-0.1, -0.05) is 25.7 Å². The van der Waals surface area contributed by atoms with Gasteiger partial charge in [0, 0.05) is 39.1 Å². The SMILES string of the molecule is CC(=O)N1CCN(C(=O)C2CC2C(=O)NC2CCCCCC2)CC1. The Morgan fingerprint density at radius 3 is 2.00 bits per heavy atom. The molecular formula is C18H29N3O3. The Morgan fingerprint density at radius 1 is 0.833 bits per heavy atom. The van der Waals surface area contributed by atoms with E-state index in [0.29, 0.717) is 38.6 Å². The highest BCUT2D eigenvalue weighted by Crippen LogP contribution is 2.40. The minimum absolute atomic E-state index is 0.0641. The summed E-state index contributed by atoms with van der Waals surface area (Å²) in [4.78, 5) is 39.9.